The van der Waals surface area contributed by atoms with Gasteiger partial charge in [0.15, 0.2) is 6.29 Å². The van der Waals surface area contributed by atoms with E-state index in [1.54, 1.807) is 14.2 Å². The summed E-state index contributed by atoms with van der Waals surface area (Å²) in [4.78, 5) is 2.40. The summed E-state index contributed by atoms with van der Waals surface area (Å²) in [7, 11) is 3.32. The van der Waals surface area contributed by atoms with Crippen molar-refractivity contribution in [1.29, 1.82) is 0 Å². The second-order valence-corrected chi connectivity index (χ2v) is 4.72. The molecule has 5 nitrogen and oxygen atoms in total. The van der Waals surface area contributed by atoms with E-state index < -0.39 is 0 Å². The van der Waals surface area contributed by atoms with Crippen molar-refractivity contribution in [2.45, 2.75) is 44.7 Å². The molecule has 5 heteroatoms. The zero-order valence-electron chi connectivity index (χ0n) is 11.4. The number of methoxy groups -OCH3 is 2. The van der Waals surface area contributed by atoms with Crippen LogP contribution in [0.1, 0.15) is 20.3 Å². The first-order valence-corrected chi connectivity index (χ1v) is 6.25. The van der Waals surface area contributed by atoms with E-state index in [2.05, 4.69) is 18.7 Å². The highest BCUT2D eigenvalue weighted by molar-refractivity contribution is 4.83. The predicted molar refractivity (Wildman–Crippen MR) is 66.8 cm³/mol. The van der Waals surface area contributed by atoms with Crippen molar-refractivity contribution in [3.63, 3.8) is 0 Å². The summed E-state index contributed by atoms with van der Waals surface area (Å²) in [6.45, 7) is 6.56. The van der Waals surface area contributed by atoms with Gasteiger partial charge in [0.1, 0.15) is 0 Å². The fourth-order valence-corrected chi connectivity index (χ4v) is 2.32. The van der Waals surface area contributed by atoms with Gasteiger partial charge in [0, 0.05) is 45.8 Å². The third-order valence-corrected chi connectivity index (χ3v) is 3.39. The van der Waals surface area contributed by atoms with E-state index in [4.69, 9.17) is 19.9 Å². The highest BCUT2D eigenvalue weighted by atomic mass is 16.7. The SMILES string of the molecule is COC(CC(CN)N1CC(C)OCC1C)OC. The van der Waals surface area contributed by atoms with Gasteiger partial charge in [0.2, 0.25) is 0 Å². The second-order valence-electron chi connectivity index (χ2n) is 4.72. The number of hydrogen-bond donors (Lipinski definition) is 1. The van der Waals surface area contributed by atoms with Gasteiger partial charge in [-0.3, -0.25) is 4.90 Å². The summed E-state index contributed by atoms with van der Waals surface area (Å²) in [6, 6.07) is 0.676. The molecule has 0 aromatic carbocycles. The average Bonchev–Trinajstić information content (AvgIpc) is 2.34. The molecule has 0 radical (unpaired) electrons. The lowest BCUT2D eigenvalue weighted by molar-refractivity contribution is -0.129. The fraction of sp³-hybridized carbons (Fsp3) is 1.00. The molecule has 0 spiro atoms. The van der Waals surface area contributed by atoms with Crippen LogP contribution in [0.15, 0.2) is 0 Å². The van der Waals surface area contributed by atoms with Crippen molar-refractivity contribution in [2.24, 2.45) is 5.73 Å². The third-order valence-electron chi connectivity index (χ3n) is 3.39. The standard InChI is InChI=1S/C12H26N2O3/c1-9-8-17-10(2)7-14(9)11(6-13)5-12(15-3)16-4/h9-12H,5-8,13H2,1-4H3. The fourth-order valence-electron chi connectivity index (χ4n) is 2.32. The van der Waals surface area contributed by atoms with Crippen molar-refractivity contribution in [3.05, 3.63) is 0 Å². The van der Waals surface area contributed by atoms with E-state index in [9.17, 15) is 0 Å². The van der Waals surface area contributed by atoms with Crippen molar-refractivity contribution in [2.75, 3.05) is 33.9 Å². The molecule has 1 saturated heterocycles. The highest BCUT2D eigenvalue weighted by Crippen LogP contribution is 2.18. The van der Waals surface area contributed by atoms with E-state index in [0.717, 1.165) is 19.6 Å². The van der Waals surface area contributed by atoms with Crippen LogP contribution in [0.3, 0.4) is 0 Å². The summed E-state index contributed by atoms with van der Waals surface area (Å²) >= 11 is 0. The van der Waals surface area contributed by atoms with Crippen LogP contribution >= 0.6 is 0 Å². The van der Waals surface area contributed by atoms with Gasteiger partial charge in [-0.2, -0.15) is 0 Å². The zero-order chi connectivity index (χ0) is 12.8. The van der Waals surface area contributed by atoms with Crippen molar-refractivity contribution in [1.82, 2.24) is 4.90 Å². The van der Waals surface area contributed by atoms with Crippen molar-refractivity contribution >= 4 is 0 Å². The molecule has 0 aromatic rings. The highest BCUT2D eigenvalue weighted by Gasteiger charge is 2.30. The second kappa shape index (κ2) is 7.28. The van der Waals surface area contributed by atoms with Crippen molar-refractivity contribution in [3.8, 4) is 0 Å². The molecular formula is C12H26N2O3. The Morgan fingerprint density at radius 3 is 2.53 bits per heavy atom. The molecule has 3 unspecified atom stereocenters. The minimum Gasteiger partial charge on any atom is -0.376 e. The zero-order valence-corrected chi connectivity index (χ0v) is 11.4. The Morgan fingerprint density at radius 2 is 2.00 bits per heavy atom. The quantitative estimate of drug-likeness (QED) is 0.689. The topological polar surface area (TPSA) is 57.0 Å². The van der Waals surface area contributed by atoms with E-state index in [-0.39, 0.29) is 18.4 Å². The number of hydrogen-bond acceptors (Lipinski definition) is 5. The summed E-state index contributed by atoms with van der Waals surface area (Å²) in [6.07, 6.45) is 0.873. The van der Waals surface area contributed by atoms with Crippen molar-refractivity contribution < 1.29 is 14.2 Å². The van der Waals surface area contributed by atoms with E-state index >= 15 is 0 Å². The van der Waals surface area contributed by atoms with Gasteiger partial charge < -0.3 is 19.9 Å². The minimum absolute atomic E-state index is 0.186. The first-order chi connectivity index (χ1) is 8.12. The number of ether oxygens (including phenoxy) is 3. The normalized spacial score (nSPS) is 28.6. The molecular weight excluding hydrogens is 220 g/mol. The lowest BCUT2D eigenvalue weighted by Crippen LogP contribution is -2.55. The molecule has 0 saturated carbocycles. The molecule has 3 atom stereocenters. The predicted octanol–water partition coefficient (Wildman–Crippen LogP) is 0.432. The number of nitrogens with zero attached hydrogens (tertiary/aromatic N) is 1. The van der Waals surface area contributed by atoms with Crippen LogP contribution in [0.4, 0.5) is 0 Å². The summed E-state index contributed by atoms with van der Waals surface area (Å²) in [5.74, 6) is 0. The molecule has 17 heavy (non-hydrogen) atoms. The molecule has 1 aliphatic rings. The van der Waals surface area contributed by atoms with Crippen LogP contribution in [0.25, 0.3) is 0 Å². The van der Waals surface area contributed by atoms with Gasteiger partial charge in [-0.05, 0) is 13.8 Å². The third kappa shape index (κ3) is 4.19. The molecule has 0 aromatic heterocycles. The van der Waals surface area contributed by atoms with Crippen LogP contribution in [0.5, 0.6) is 0 Å². The van der Waals surface area contributed by atoms with Gasteiger partial charge >= 0.3 is 0 Å². The van der Waals surface area contributed by atoms with Crippen LogP contribution in [0, 0.1) is 0 Å². The Hall–Kier alpha value is -0.200. The summed E-state index contributed by atoms with van der Waals surface area (Å²) in [5, 5.41) is 0. The van der Waals surface area contributed by atoms with Crippen LogP contribution in [0.2, 0.25) is 0 Å². The summed E-state index contributed by atoms with van der Waals surface area (Å²) in [5.41, 5.74) is 5.88. The van der Waals surface area contributed by atoms with Gasteiger partial charge in [-0.1, -0.05) is 0 Å². The Morgan fingerprint density at radius 1 is 1.35 bits per heavy atom. The average molecular weight is 246 g/mol. The molecule has 102 valence electrons. The molecule has 0 aliphatic carbocycles. The summed E-state index contributed by atoms with van der Waals surface area (Å²) < 4.78 is 16.1. The number of morpholine rings is 1. The smallest absolute Gasteiger partial charge is 0.158 e. The van der Waals surface area contributed by atoms with Crippen LogP contribution in [-0.4, -0.2) is 63.3 Å². The van der Waals surface area contributed by atoms with Crippen LogP contribution < -0.4 is 5.73 Å². The van der Waals surface area contributed by atoms with Gasteiger partial charge in [0.05, 0.1) is 12.7 Å². The molecule has 0 bridgehead atoms. The Kier molecular flexibility index (Phi) is 6.37. The molecule has 1 heterocycles. The van der Waals surface area contributed by atoms with E-state index in [1.165, 1.54) is 0 Å². The lowest BCUT2D eigenvalue weighted by atomic mass is 10.1. The molecule has 1 rings (SSSR count). The van der Waals surface area contributed by atoms with Gasteiger partial charge in [-0.25, -0.2) is 0 Å². The molecule has 1 aliphatic heterocycles. The molecule has 2 N–H and O–H groups in total. The monoisotopic (exact) mass is 246 g/mol. The Labute approximate surface area is 104 Å². The lowest BCUT2D eigenvalue weighted by Gasteiger charge is -2.42. The van der Waals surface area contributed by atoms with Gasteiger partial charge in [0.25, 0.3) is 0 Å². The molecule has 0 amide bonds. The minimum atomic E-state index is -0.186. The first-order valence-electron chi connectivity index (χ1n) is 6.25. The van der Waals surface area contributed by atoms with Gasteiger partial charge in [-0.15, -0.1) is 0 Å². The first kappa shape index (κ1) is 14.9. The van der Waals surface area contributed by atoms with E-state index in [0.29, 0.717) is 12.6 Å². The molecule has 1 fully saturated rings. The van der Waals surface area contributed by atoms with E-state index in [1.807, 2.05) is 0 Å². The maximum absolute atomic E-state index is 5.88. The Bertz CT molecular complexity index is 212. The van der Waals surface area contributed by atoms with Crippen LogP contribution in [-0.2, 0) is 14.2 Å². The number of rotatable bonds is 6. The largest absolute Gasteiger partial charge is 0.376 e. The maximum atomic E-state index is 5.88. The maximum Gasteiger partial charge on any atom is 0.158 e. The Balaban J connectivity index is 2.58. The number of nitrogens with two attached hydrogens (primary N) is 1.